The number of esters is 1. The lowest BCUT2D eigenvalue weighted by Gasteiger charge is -2.23. The van der Waals surface area contributed by atoms with Gasteiger partial charge in [-0.1, -0.05) is 13.0 Å². The highest BCUT2D eigenvalue weighted by Gasteiger charge is 2.30. The second-order valence-electron chi connectivity index (χ2n) is 7.86. The van der Waals surface area contributed by atoms with Crippen molar-refractivity contribution in [1.29, 1.82) is 5.26 Å². The van der Waals surface area contributed by atoms with E-state index in [-0.39, 0.29) is 17.8 Å². The Morgan fingerprint density at radius 1 is 1.43 bits per heavy atom. The summed E-state index contributed by atoms with van der Waals surface area (Å²) in [5.41, 5.74) is 2.73. The minimum Gasteiger partial charge on any atom is -0.462 e. The number of aryl methyl sites for hydroxylation is 1. The van der Waals surface area contributed by atoms with Crippen LogP contribution in [0.4, 0.5) is 0 Å². The monoisotopic (exact) mass is 395 g/mol. The van der Waals surface area contributed by atoms with Crippen molar-refractivity contribution in [3.63, 3.8) is 0 Å². The molecule has 2 aliphatic carbocycles. The first-order chi connectivity index (χ1) is 13.4. The third-order valence-corrected chi connectivity index (χ3v) is 7.13. The van der Waals surface area contributed by atoms with Crippen LogP contribution in [-0.4, -0.2) is 22.1 Å². The Morgan fingerprint density at radius 2 is 2.18 bits per heavy atom. The molecule has 0 radical (unpaired) electrons. The van der Waals surface area contributed by atoms with Gasteiger partial charge in [-0.25, -0.2) is 9.78 Å². The molecule has 0 amide bonds. The van der Waals surface area contributed by atoms with Gasteiger partial charge in [-0.05, 0) is 51.0 Å². The standard InChI is InChI=1S/C22H25N3O2S/c1-5-27-22(26)20-14(4)24-21(28-20)17-8-18-16(9-23)11-25(10-15-6-7-15)19(18)13(3)12(17)2/h8,11-12,15,17H,5-7,10H2,1-4H3. The zero-order valence-corrected chi connectivity index (χ0v) is 17.6. The molecule has 2 unspecified atom stereocenters. The van der Waals surface area contributed by atoms with E-state index in [0.29, 0.717) is 17.2 Å². The number of carbonyl (C=O) groups excluding carboxylic acids is 1. The van der Waals surface area contributed by atoms with Crippen LogP contribution in [0.1, 0.15) is 65.5 Å². The number of rotatable bonds is 5. The Kier molecular flexibility index (Phi) is 4.88. The molecule has 146 valence electrons. The maximum Gasteiger partial charge on any atom is 0.350 e. The number of carbonyl (C=O) groups is 1. The van der Waals surface area contributed by atoms with Gasteiger partial charge in [0.15, 0.2) is 0 Å². The number of fused-ring (bicyclic) bond motifs is 1. The van der Waals surface area contributed by atoms with Crippen LogP contribution in [0.25, 0.3) is 11.6 Å². The lowest BCUT2D eigenvalue weighted by Crippen LogP contribution is -2.38. The fraction of sp³-hybridized carbons (Fsp3) is 0.500. The normalized spacial score (nSPS) is 21.0. The maximum atomic E-state index is 12.2. The molecule has 0 aromatic carbocycles. The molecule has 28 heavy (non-hydrogen) atoms. The molecule has 2 aromatic rings. The van der Waals surface area contributed by atoms with E-state index in [0.717, 1.165) is 28.3 Å². The third kappa shape index (κ3) is 3.18. The van der Waals surface area contributed by atoms with E-state index >= 15 is 0 Å². The van der Waals surface area contributed by atoms with Crippen LogP contribution >= 0.6 is 11.3 Å². The first kappa shape index (κ1) is 18.9. The maximum absolute atomic E-state index is 12.2. The van der Waals surface area contributed by atoms with Crippen molar-refractivity contribution in [1.82, 2.24) is 9.55 Å². The smallest absolute Gasteiger partial charge is 0.350 e. The molecule has 2 aromatic heterocycles. The van der Waals surface area contributed by atoms with Crippen molar-refractivity contribution in [2.45, 2.75) is 53.0 Å². The fourth-order valence-corrected chi connectivity index (χ4v) is 5.17. The largest absolute Gasteiger partial charge is 0.462 e. The molecule has 2 atom stereocenters. The highest BCUT2D eigenvalue weighted by atomic mass is 32.1. The first-order valence-corrected chi connectivity index (χ1v) is 10.7. The van der Waals surface area contributed by atoms with Gasteiger partial charge in [-0.2, -0.15) is 5.26 Å². The van der Waals surface area contributed by atoms with E-state index in [2.05, 4.69) is 30.6 Å². The van der Waals surface area contributed by atoms with Crippen molar-refractivity contribution in [2.24, 2.45) is 11.8 Å². The molecule has 1 saturated carbocycles. The minimum atomic E-state index is -0.304. The highest BCUT2D eigenvalue weighted by molar-refractivity contribution is 7.13. The zero-order chi connectivity index (χ0) is 20.0. The molecule has 4 rings (SSSR count). The number of hydrogen-bond acceptors (Lipinski definition) is 5. The Balaban J connectivity index is 1.80. The Bertz CT molecular complexity index is 1100. The summed E-state index contributed by atoms with van der Waals surface area (Å²) in [7, 11) is 0. The summed E-state index contributed by atoms with van der Waals surface area (Å²) in [5, 5.41) is 12.8. The fourth-order valence-electron chi connectivity index (χ4n) is 4.03. The van der Waals surface area contributed by atoms with Crippen LogP contribution in [0.3, 0.4) is 0 Å². The quantitative estimate of drug-likeness (QED) is 0.730. The Hall–Kier alpha value is -2.39. The Labute approximate surface area is 169 Å². The number of ether oxygens (including phenoxy) is 1. The molecule has 2 heterocycles. The van der Waals surface area contributed by atoms with Crippen molar-refractivity contribution in [3.8, 4) is 6.07 Å². The van der Waals surface area contributed by atoms with Gasteiger partial charge in [0, 0.05) is 29.2 Å². The van der Waals surface area contributed by atoms with Gasteiger partial charge in [0.2, 0.25) is 0 Å². The Morgan fingerprint density at radius 3 is 2.82 bits per heavy atom. The van der Waals surface area contributed by atoms with Gasteiger partial charge in [-0.3, -0.25) is 0 Å². The van der Waals surface area contributed by atoms with Crippen LogP contribution in [0.15, 0.2) is 6.20 Å². The van der Waals surface area contributed by atoms with Gasteiger partial charge >= 0.3 is 5.97 Å². The summed E-state index contributed by atoms with van der Waals surface area (Å²) >= 11 is 1.42. The van der Waals surface area contributed by atoms with Gasteiger partial charge in [0.25, 0.3) is 0 Å². The average Bonchev–Trinajstić information content (AvgIpc) is 3.29. The van der Waals surface area contributed by atoms with E-state index in [1.165, 1.54) is 35.1 Å². The molecule has 0 spiro atoms. The number of aromatic nitrogens is 2. The van der Waals surface area contributed by atoms with Gasteiger partial charge < -0.3 is 9.30 Å². The summed E-state index contributed by atoms with van der Waals surface area (Å²) in [4.78, 5) is 17.5. The average molecular weight is 396 g/mol. The van der Waals surface area contributed by atoms with E-state index in [9.17, 15) is 10.1 Å². The van der Waals surface area contributed by atoms with Crippen molar-refractivity contribution in [2.75, 3.05) is 6.61 Å². The lowest BCUT2D eigenvalue weighted by atomic mass is 9.84. The van der Waals surface area contributed by atoms with E-state index in [1.807, 2.05) is 20.0 Å². The molecular formula is C22H25N3O2S. The van der Waals surface area contributed by atoms with E-state index in [4.69, 9.17) is 9.72 Å². The molecule has 6 heteroatoms. The van der Waals surface area contributed by atoms with Crippen LogP contribution in [0.2, 0.25) is 0 Å². The molecule has 2 aliphatic rings. The number of nitrogens with zero attached hydrogens (tertiary/aromatic N) is 3. The molecule has 5 nitrogen and oxygen atoms in total. The first-order valence-electron chi connectivity index (χ1n) is 9.90. The summed E-state index contributed by atoms with van der Waals surface area (Å²) in [6, 6.07) is 2.37. The second kappa shape index (κ2) is 7.21. The number of nitriles is 1. The highest BCUT2D eigenvalue weighted by Crippen LogP contribution is 2.37. The van der Waals surface area contributed by atoms with Gasteiger partial charge in [0.1, 0.15) is 16.0 Å². The van der Waals surface area contributed by atoms with Crippen LogP contribution in [0, 0.1) is 30.1 Å². The van der Waals surface area contributed by atoms with E-state index in [1.54, 1.807) is 0 Å². The molecule has 0 saturated heterocycles. The van der Waals surface area contributed by atoms with Crippen molar-refractivity contribution >= 4 is 29.0 Å². The predicted octanol–water partition coefficient (Wildman–Crippen LogP) is 3.10. The second-order valence-corrected chi connectivity index (χ2v) is 8.89. The molecular weight excluding hydrogens is 370 g/mol. The van der Waals surface area contributed by atoms with Gasteiger partial charge in [-0.15, -0.1) is 11.3 Å². The van der Waals surface area contributed by atoms with E-state index < -0.39 is 0 Å². The molecule has 0 N–H and O–H groups in total. The molecule has 0 bridgehead atoms. The minimum absolute atomic E-state index is 0.0586. The van der Waals surface area contributed by atoms with Gasteiger partial charge in [0.05, 0.1) is 17.9 Å². The topological polar surface area (TPSA) is 67.9 Å². The van der Waals surface area contributed by atoms with Crippen molar-refractivity contribution < 1.29 is 9.53 Å². The number of hydrogen-bond donors (Lipinski definition) is 0. The zero-order valence-electron chi connectivity index (χ0n) is 16.8. The van der Waals surface area contributed by atoms with Crippen LogP contribution in [-0.2, 0) is 11.3 Å². The third-order valence-electron chi connectivity index (χ3n) is 5.89. The van der Waals surface area contributed by atoms with Crippen LogP contribution in [0.5, 0.6) is 0 Å². The molecule has 1 fully saturated rings. The predicted molar refractivity (Wildman–Crippen MR) is 109 cm³/mol. The summed E-state index contributed by atoms with van der Waals surface area (Å²) < 4.78 is 7.45. The summed E-state index contributed by atoms with van der Waals surface area (Å²) in [6.45, 7) is 9.39. The van der Waals surface area contributed by atoms with Crippen LogP contribution < -0.4 is 10.6 Å². The van der Waals surface area contributed by atoms with Crippen molar-refractivity contribution in [3.05, 3.63) is 37.9 Å². The SMILES string of the molecule is CCOC(=O)c1sc(C2C=c3c(C#N)cn(CC4CC4)c3=C(C)C2C)nc1C. The molecule has 0 aliphatic heterocycles. The lowest BCUT2D eigenvalue weighted by molar-refractivity contribution is 0.0531. The summed E-state index contributed by atoms with van der Waals surface area (Å²) in [5.74, 6) is 0.760. The summed E-state index contributed by atoms with van der Waals surface area (Å²) in [6.07, 6.45) is 6.76. The number of thiazole rings is 1.